The molecule has 3 aromatic carbocycles. The summed E-state index contributed by atoms with van der Waals surface area (Å²) in [6.07, 6.45) is -5.45. The number of benzene rings is 3. The van der Waals surface area contributed by atoms with Crippen LogP contribution in [0.5, 0.6) is 0 Å². The molecular formula is C32H32F3N5O4. The zero-order valence-electron chi connectivity index (χ0n) is 24.3. The highest BCUT2D eigenvalue weighted by atomic mass is 19.4. The number of hydrogen-bond acceptors (Lipinski definition) is 5. The number of carbonyl (C=O) groups is 3. The second-order valence-corrected chi connectivity index (χ2v) is 11.1. The predicted octanol–water partition coefficient (Wildman–Crippen LogP) is 6.18. The molecule has 230 valence electrons. The molecule has 1 heterocycles. The van der Waals surface area contributed by atoms with E-state index in [1.54, 1.807) is 57.2 Å². The number of carbonyl (C=O) groups excluding carboxylic acids is 3. The van der Waals surface area contributed by atoms with E-state index < -0.39 is 41.3 Å². The van der Waals surface area contributed by atoms with Crippen molar-refractivity contribution in [1.29, 1.82) is 0 Å². The van der Waals surface area contributed by atoms with Gasteiger partial charge in [-0.3, -0.25) is 9.59 Å². The van der Waals surface area contributed by atoms with Crippen LogP contribution in [-0.2, 0) is 22.3 Å². The lowest BCUT2D eigenvalue weighted by molar-refractivity contribution is -0.141. The van der Waals surface area contributed by atoms with Gasteiger partial charge in [-0.25, -0.2) is 9.48 Å². The zero-order valence-corrected chi connectivity index (χ0v) is 24.3. The van der Waals surface area contributed by atoms with Gasteiger partial charge in [0.15, 0.2) is 5.69 Å². The summed E-state index contributed by atoms with van der Waals surface area (Å²) in [5, 5.41) is 8.93. The number of amides is 3. The molecule has 0 bridgehead atoms. The van der Waals surface area contributed by atoms with Crippen LogP contribution in [0.25, 0.3) is 5.69 Å². The molecule has 9 nitrogen and oxygen atoms in total. The van der Waals surface area contributed by atoms with Gasteiger partial charge < -0.3 is 21.1 Å². The van der Waals surface area contributed by atoms with Crippen LogP contribution in [0, 0.1) is 0 Å². The Morgan fingerprint density at radius 1 is 0.909 bits per heavy atom. The van der Waals surface area contributed by atoms with Crippen molar-refractivity contribution in [1.82, 2.24) is 15.1 Å². The van der Waals surface area contributed by atoms with Gasteiger partial charge >= 0.3 is 12.3 Å². The maximum absolute atomic E-state index is 13.7. The molecule has 0 saturated carbocycles. The number of nitrogens with one attached hydrogen (secondary N) is 2. The van der Waals surface area contributed by atoms with Crippen molar-refractivity contribution >= 4 is 23.6 Å². The summed E-state index contributed by atoms with van der Waals surface area (Å²) in [7, 11) is 0. The Morgan fingerprint density at radius 3 is 2.25 bits per heavy atom. The van der Waals surface area contributed by atoms with E-state index in [0.717, 1.165) is 10.2 Å². The van der Waals surface area contributed by atoms with Crippen molar-refractivity contribution < 1.29 is 32.3 Å². The molecule has 0 saturated heterocycles. The highest BCUT2D eigenvalue weighted by molar-refractivity contribution is 6.03. The van der Waals surface area contributed by atoms with Crippen LogP contribution in [0.3, 0.4) is 0 Å². The van der Waals surface area contributed by atoms with E-state index in [9.17, 15) is 27.6 Å². The molecule has 0 aliphatic carbocycles. The molecule has 44 heavy (non-hydrogen) atoms. The molecule has 1 aromatic heterocycles. The van der Waals surface area contributed by atoms with Crippen molar-refractivity contribution in [2.24, 2.45) is 5.73 Å². The minimum absolute atomic E-state index is 0.0161. The van der Waals surface area contributed by atoms with Crippen LogP contribution in [0.15, 0.2) is 84.9 Å². The molecular weight excluding hydrogens is 575 g/mol. The lowest BCUT2D eigenvalue weighted by Crippen LogP contribution is -2.32. The smallest absolute Gasteiger partial charge is 0.435 e. The number of alkyl halides is 3. The fourth-order valence-corrected chi connectivity index (χ4v) is 4.51. The summed E-state index contributed by atoms with van der Waals surface area (Å²) in [4.78, 5) is 37.3. The normalized spacial score (nSPS) is 12.3. The monoisotopic (exact) mass is 607 g/mol. The van der Waals surface area contributed by atoms with E-state index in [2.05, 4.69) is 15.7 Å². The van der Waals surface area contributed by atoms with Crippen molar-refractivity contribution in [2.75, 3.05) is 5.32 Å². The number of ether oxygens (including phenoxy) is 1. The van der Waals surface area contributed by atoms with Crippen LogP contribution in [0.2, 0.25) is 0 Å². The largest absolute Gasteiger partial charge is 0.444 e. The minimum Gasteiger partial charge on any atom is -0.444 e. The van der Waals surface area contributed by atoms with Gasteiger partial charge in [-0.2, -0.15) is 18.3 Å². The van der Waals surface area contributed by atoms with Gasteiger partial charge in [-0.1, -0.05) is 54.6 Å². The van der Waals surface area contributed by atoms with Crippen LogP contribution in [-0.4, -0.2) is 33.3 Å². The van der Waals surface area contributed by atoms with E-state index in [1.165, 1.54) is 12.1 Å². The van der Waals surface area contributed by atoms with E-state index in [4.69, 9.17) is 10.5 Å². The second kappa shape index (κ2) is 13.0. The number of aromatic nitrogens is 2. The van der Waals surface area contributed by atoms with Gasteiger partial charge in [0.2, 0.25) is 5.91 Å². The Kier molecular flexibility index (Phi) is 9.41. The highest BCUT2D eigenvalue weighted by Crippen LogP contribution is 2.32. The lowest BCUT2D eigenvalue weighted by Gasteiger charge is -2.19. The first-order valence-electron chi connectivity index (χ1n) is 13.7. The molecule has 3 amide bonds. The number of nitrogens with two attached hydrogens (primary N) is 1. The van der Waals surface area contributed by atoms with E-state index in [-0.39, 0.29) is 24.3 Å². The van der Waals surface area contributed by atoms with Crippen LogP contribution < -0.4 is 16.4 Å². The molecule has 0 fully saturated rings. The Balaban J connectivity index is 1.62. The summed E-state index contributed by atoms with van der Waals surface area (Å²) in [6.45, 7) is 5.18. The van der Waals surface area contributed by atoms with Crippen molar-refractivity contribution in [3.63, 3.8) is 0 Å². The van der Waals surface area contributed by atoms with Crippen LogP contribution in [0.1, 0.15) is 66.0 Å². The summed E-state index contributed by atoms with van der Waals surface area (Å²) >= 11 is 0. The number of halogens is 3. The molecule has 0 radical (unpaired) electrons. The summed E-state index contributed by atoms with van der Waals surface area (Å²) in [5.74, 6) is -1.75. The standard InChI is InChI=1S/C32H32F3N5O4/c1-31(2,3)44-30(43)37-19-20-9-7-14-24(15-20)40-26(18-27(39-40)32(33,34)35)29(42)38-23-13-8-12-22(16-23)25(17-28(36)41)21-10-5-4-6-11-21/h4-16,18,25H,17,19H2,1-3H3,(H2,36,41)(H,37,43)(H,38,42). The van der Waals surface area contributed by atoms with E-state index >= 15 is 0 Å². The summed E-state index contributed by atoms with van der Waals surface area (Å²) < 4.78 is 47.3. The maximum atomic E-state index is 13.7. The Bertz CT molecular complexity index is 1650. The molecule has 1 unspecified atom stereocenters. The highest BCUT2D eigenvalue weighted by Gasteiger charge is 2.36. The number of hydrogen-bond donors (Lipinski definition) is 3. The van der Waals surface area contributed by atoms with Gasteiger partial charge in [0.1, 0.15) is 11.3 Å². The Hall–Kier alpha value is -5.13. The van der Waals surface area contributed by atoms with Gasteiger partial charge in [0, 0.05) is 30.6 Å². The number of anilines is 1. The SMILES string of the molecule is CC(C)(C)OC(=O)NCc1cccc(-n2nc(C(F)(F)F)cc2C(=O)Nc2cccc(C(CC(N)=O)c3ccccc3)c2)c1. The lowest BCUT2D eigenvalue weighted by atomic mass is 9.88. The number of nitrogens with zero attached hydrogens (tertiary/aromatic N) is 2. The average Bonchev–Trinajstić information content (AvgIpc) is 3.42. The minimum atomic E-state index is -4.81. The van der Waals surface area contributed by atoms with Gasteiger partial charge in [0.25, 0.3) is 5.91 Å². The molecule has 1 atom stereocenters. The Labute approximate surface area is 252 Å². The first kappa shape index (κ1) is 31.8. The average molecular weight is 608 g/mol. The molecule has 4 aromatic rings. The van der Waals surface area contributed by atoms with Gasteiger partial charge in [-0.15, -0.1) is 0 Å². The number of rotatable bonds is 9. The van der Waals surface area contributed by atoms with Crippen LogP contribution in [0.4, 0.5) is 23.7 Å². The summed E-state index contributed by atoms with van der Waals surface area (Å²) in [5.41, 5.74) is 5.72. The first-order valence-corrected chi connectivity index (χ1v) is 13.7. The predicted molar refractivity (Wildman–Crippen MR) is 158 cm³/mol. The van der Waals surface area contributed by atoms with Crippen molar-refractivity contribution in [2.45, 2.75) is 51.4 Å². The molecule has 4 rings (SSSR count). The molecule has 0 spiro atoms. The van der Waals surface area contributed by atoms with Crippen LogP contribution >= 0.6 is 0 Å². The number of alkyl carbamates (subject to hydrolysis) is 1. The van der Waals surface area contributed by atoms with Crippen molar-refractivity contribution in [3.8, 4) is 5.69 Å². The summed E-state index contributed by atoms with van der Waals surface area (Å²) in [6, 6.07) is 22.8. The topological polar surface area (TPSA) is 128 Å². The van der Waals surface area contributed by atoms with Gasteiger partial charge in [-0.05, 0) is 61.7 Å². The second-order valence-electron chi connectivity index (χ2n) is 11.1. The third kappa shape index (κ3) is 8.46. The quantitative estimate of drug-likeness (QED) is 0.210. The van der Waals surface area contributed by atoms with Crippen molar-refractivity contribution in [3.05, 3.63) is 113 Å². The molecule has 0 aliphatic rings. The fraction of sp³-hybridized carbons (Fsp3) is 0.250. The third-order valence-corrected chi connectivity index (χ3v) is 6.38. The fourth-order valence-electron chi connectivity index (χ4n) is 4.51. The first-order chi connectivity index (χ1) is 20.7. The van der Waals surface area contributed by atoms with E-state index in [0.29, 0.717) is 22.9 Å². The molecule has 12 heteroatoms. The Morgan fingerprint density at radius 2 is 1.59 bits per heavy atom. The molecule has 0 aliphatic heterocycles. The number of primary amides is 1. The molecule has 4 N–H and O–H groups in total. The van der Waals surface area contributed by atoms with E-state index in [1.807, 2.05) is 30.3 Å². The zero-order chi connectivity index (χ0) is 32.1. The maximum Gasteiger partial charge on any atom is 0.435 e. The van der Waals surface area contributed by atoms with Gasteiger partial charge in [0.05, 0.1) is 5.69 Å². The third-order valence-electron chi connectivity index (χ3n) is 6.38.